The van der Waals surface area contributed by atoms with E-state index in [1.54, 1.807) is 13.1 Å². The fraction of sp³-hybridized carbons (Fsp3) is 0.375. The van der Waals surface area contributed by atoms with Crippen LogP contribution in [-0.4, -0.2) is 27.3 Å². The van der Waals surface area contributed by atoms with Crippen molar-refractivity contribution in [2.45, 2.75) is 33.2 Å². The van der Waals surface area contributed by atoms with Crippen LogP contribution in [0.4, 0.5) is 0 Å². The molecule has 0 unspecified atom stereocenters. The fourth-order valence-electron chi connectivity index (χ4n) is 1.99. The largest absolute Gasteiger partial charge is 0.466 e. The summed E-state index contributed by atoms with van der Waals surface area (Å²) < 4.78 is 6.10. The lowest BCUT2D eigenvalue weighted by Gasteiger charge is -2.05. The molecule has 0 fully saturated rings. The maximum Gasteiger partial charge on any atom is 0.364 e. The van der Waals surface area contributed by atoms with Crippen molar-refractivity contribution in [3.63, 3.8) is 0 Å². The van der Waals surface area contributed by atoms with Crippen molar-refractivity contribution in [2.24, 2.45) is 0 Å². The van der Waals surface area contributed by atoms with Crippen LogP contribution < -0.4 is 5.69 Å². The second-order valence-corrected chi connectivity index (χ2v) is 4.92. The van der Waals surface area contributed by atoms with Crippen molar-refractivity contribution in [1.82, 2.24) is 14.8 Å². The Bertz CT molecular complexity index is 693. The third-order valence-electron chi connectivity index (χ3n) is 3.16. The number of hydrogen-bond acceptors (Lipinski definition) is 5. The number of hydrogen-bond donors (Lipinski definition) is 0. The summed E-state index contributed by atoms with van der Waals surface area (Å²) in [6.07, 6.45) is 2.33. The van der Waals surface area contributed by atoms with Crippen molar-refractivity contribution < 1.29 is 9.53 Å². The number of carbonyl (C=O) groups excluding carboxylic acids is 1. The summed E-state index contributed by atoms with van der Waals surface area (Å²) in [6.45, 7) is 4.47. The Hall–Kier alpha value is -2.50. The second-order valence-electron chi connectivity index (χ2n) is 4.92. The highest BCUT2D eigenvalue weighted by Gasteiger charge is 2.06. The minimum Gasteiger partial charge on any atom is -0.466 e. The third kappa shape index (κ3) is 4.25. The molecule has 0 atom stereocenters. The van der Waals surface area contributed by atoms with Crippen LogP contribution in [0.1, 0.15) is 25.3 Å². The average Bonchev–Trinajstić information content (AvgIpc) is 2.50. The highest BCUT2D eigenvalue weighted by molar-refractivity contribution is 5.69. The highest BCUT2D eigenvalue weighted by atomic mass is 16.5. The van der Waals surface area contributed by atoms with Gasteiger partial charge in [-0.05, 0) is 20.3 Å². The molecule has 0 radical (unpaired) electrons. The van der Waals surface area contributed by atoms with Crippen LogP contribution in [0, 0.1) is 6.92 Å². The predicted octanol–water partition coefficient (Wildman–Crippen LogP) is 1.96. The summed E-state index contributed by atoms with van der Waals surface area (Å²) in [6, 6.07) is 7.73. The number of aryl methyl sites for hydroxylation is 2. The Morgan fingerprint density at radius 3 is 2.64 bits per heavy atom. The lowest BCUT2D eigenvalue weighted by atomic mass is 10.1. The fourth-order valence-corrected chi connectivity index (χ4v) is 1.99. The minimum atomic E-state index is -0.415. The van der Waals surface area contributed by atoms with E-state index >= 15 is 0 Å². The monoisotopic (exact) mass is 301 g/mol. The molecule has 2 rings (SSSR count). The summed E-state index contributed by atoms with van der Waals surface area (Å²) in [5.41, 5.74) is 2.13. The van der Waals surface area contributed by atoms with E-state index < -0.39 is 5.69 Å². The third-order valence-corrected chi connectivity index (χ3v) is 3.16. The number of esters is 1. The Morgan fingerprint density at radius 1 is 1.27 bits per heavy atom. The zero-order chi connectivity index (χ0) is 15.9. The van der Waals surface area contributed by atoms with E-state index in [1.807, 2.05) is 31.2 Å². The van der Waals surface area contributed by atoms with Gasteiger partial charge in [-0.25, -0.2) is 9.48 Å². The number of carbonyl (C=O) groups is 1. The van der Waals surface area contributed by atoms with E-state index in [4.69, 9.17) is 4.74 Å². The van der Waals surface area contributed by atoms with Crippen molar-refractivity contribution in [2.75, 3.05) is 6.61 Å². The second kappa shape index (κ2) is 7.49. The summed E-state index contributed by atoms with van der Waals surface area (Å²) in [5, 5.41) is 4.11. The van der Waals surface area contributed by atoms with Crippen molar-refractivity contribution in [3.05, 3.63) is 46.5 Å². The highest BCUT2D eigenvalue weighted by Crippen LogP contribution is 2.14. The Balaban J connectivity index is 2.02. The first kappa shape index (κ1) is 15.9. The van der Waals surface area contributed by atoms with Crippen LogP contribution in [0.5, 0.6) is 0 Å². The molecule has 1 aromatic heterocycles. The van der Waals surface area contributed by atoms with Gasteiger partial charge in [-0.2, -0.15) is 10.1 Å². The van der Waals surface area contributed by atoms with Gasteiger partial charge in [0.25, 0.3) is 0 Å². The maximum absolute atomic E-state index is 12.0. The molecule has 0 aliphatic heterocycles. The molecule has 0 N–H and O–H groups in total. The molecule has 0 aliphatic rings. The smallest absolute Gasteiger partial charge is 0.364 e. The van der Waals surface area contributed by atoms with E-state index in [0.717, 1.165) is 11.1 Å². The Morgan fingerprint density at radius 2 is 2.00 bits per heavy atom. The molecular formula is C16H19N3O3. The van der Waals surface area contributed by atoms with Crippen LogP contribution in [0.25, 0.3) is 11.3 Å². The average molecular weight is 301 g/mol. The molecule has 0 aliphatic carbocycles. The van der Waals surface area contributed by atoms with Gasteiger partial charge in [-0.15, -0.1) is 0 Å². The minimum absolute atomic E-state index is 0.264. The van der Waals surface area contributed by atoms with E-state index in [2.05, 4.69) is 10.1 Å². The molecule has 1 heterocycles. The van der Waals surface area contributed by atoms with Crippen LogP contribution in [-0.2, 0) is 16.1 Å². The summed E-state index contributed by atoms with van der Waals surface area (Å²) in [7, 11) is 0. The van der Waals surface area contributed by atoms with Gasteiger partial charge in [0.1, 0.15) is 0 Å². The van der Waals surface area contributed by atoms with Crippen molar-refractivity contribution >= 4 is 5.97 Å². The van der Waals surface area contributed by atoms with E-state index in [9.17, 15) is 9.59 Å². The van der Waals surface area contributed by atoms with Crippen LogP contribution >= 0.6 is 0 Å². The first-order valence-electron chi connectivity index (χ1n) is 7.27. The molecule has 1 aromatic carbocycles. The molecule has 0 spiro atoms. The van der Waals surface area contributed by atoms with Gasteiger partial charge in [0.05, 0.1) is 18.5 Å². The lowest BCUT2D eigenvalue weighted by Crippen LogP contribution is -2.26. The van der Waals surface area contributed by atoms with Gasteiger partial charge < -0.3 is 4.74 Å². The molecule has 6 nitrogen and oxygen atoms in total. The number of aromatic nitrogens is 3. The van der Waals surface area contributed by atoms with Gasteiger partial charge in [-0.3, -0.25) is 4.79 Å². The van der Waals surface area contributed by atoms with Crippen molar-refractivity contribution in [3.8, 4) is 11.3 Å². The van der Waals surface area contributed by atoms with Crippen LogP contribution in [0.2, 0.25) is 0 Å². The quantitative estimate of drug-likeness (QED) is 0.762. The van der Waals surface area contributed by atoms with Crippen molar-refractivity contribution in [1.29, 1.82) is 0 Å². The maximum atomic E-state index is 12.0. The van der Waals surface area contributed by atoms with Crippen LogP contribution in [0.3, 0.4) is 0 Å². The zero-order valence-corrected chi connectivity index (χ0v) is 12.8. The number of ether oxygens (including phenoxy) is 1. The van der Waals surface area contributed by atoms with E-state index in [-0.39, 0.29) is 12.4 Å². The molecule has 116 valence electrons. The molecule has 0 saturated heterocycles. The molecule has 0 bridgehead atoms. The van der Waals surface area contributed by atoms with E-state index in [1.165, 1.54) is 4.68 Å². The predicted molar refractivity (Wildman–Crippen MR) is 82.3 cm³/mol. The zero-order valence-electron chi connectivity index (χ0n) is 12.8. The first-order valence-corrected chi connectivity index (χ1v) is 7.27. The standard InChI is InChI=1S/C16H19N3O3/c1-3-22-15(20)5-4-10-19-16(21)18-14(11-17-19)13-8-6-12(2)7-9-13/h6-9,11H,3-5,10H2,1-2H3. The van der Waals surface area contributed by atoms with Gasteiger partial charge in [0, 0.05) is 18.5 Å². The molecule has 22 heavy (non-hydrogen) atoms. The number of nitrogens with zero attached hydrogens (tertiary/aromatic N) is 3. The van der Waals surface area contributed by atoms with Crippen LogP contribution in [0.15, 0.2) is 35.3 Å². The molecular weight excluding hydrogens is 282 g/mol. The van der Waals surface area contributed by atoms with E-state index in [0.29, 0.717) is 25.3 Å². The summed E-state index contributed by atoms with van der Waals surface area (Å²) in [5.74, 6) is -0.264. The van der Waals surface area contributed by atoms with Gasteiger partial charge >= 0.3 is 11.7 Å². The molecule has 0 saturated carbocycles. The topological polar surface area (TPSA) is 74.1 Å². The number of benzene rings is 1. The van der Waals surface area contributed by atoms with Gasteiger partial charge in [-0.1, -0.05) is 29.8 Å². The molecule has 2 aromatic rings. The summed E-state index contributed by atoms with van der Waals surface area (Å²) >= 11 is 0. The Labute approximate surface area is 128 Å². The molecule has 6 heteroatoms. The summed E-state index contributed by atoms with van der Waals surface area (Å²) in [4.78, 5) is 27.2. The normalized spacial score (nSPS) is 10.5. The molecule has 0 amide bonds. The SMILES string of the molecule is CCOC(=O)CCCn1ncc(-c2ccc(C)cc2)nc1=O. The van der Waals surface area contributed by atoms with Gasteiger partial charge in [0.15, 0.2) is 0 Å². The Kier molecular flexibility index (Phi) is 5.41. The lowest BCUT2D eigenvalue weighted by molar-refractivity contribution is -0.143. The number of rotatable bonds is 6. The first-order chi connectivity index (χ1) is 10.6. The van der Waals surface area contributed by atoms with Gasteiger partial charge in [0.2, 0.25) is 0 Å².